The van der Waals surface area contributed by atoms with E-state index in [9.17, 15) is 24.3 Å². The van der Waals surface area contributed by atoms with Crippen LogP contribution in [0.4, 0.5) is 45.5 Å². The number of nitrogens with zero attached hydrogens (tertiary/aromatic N) is 8. The second kappa shape index (κ2) is 16.8. The average Bonchev–Trinajstić information content (AvgIpc) is 3.71. The fraction of sp³-hybridized carbons (Fsp3) is 0.265. The van der Waals surface area contributed by atoms with Gasteiger partial charge in [-0.05, 0) is 134 Å². The third kappa shape index (κ3) is 7.46. The maximum Gasteiger partial charge on any atom is 0.238 e. The summed E-state index contributed by atoms with van der Waals surface area (Å²) in [5.41, 5.74) is 6.60. The molecule has 6 unspecified atom stereocenters. The van der Waals surface area contributed by atoms with Crippen LogP contribution in [-0.4, -0.2) is 64.0 Å². The van der Waals surface area contributed by atoms with Crippen molar-refractivity contribution >= 4 is 80.7 Å². The standard InChI is InChI=1S/C49H45ClN8O6/c1-55(2)32-14-6-28(7-15-32)51-53-30-10-18-34(19-11-30)57-46(60)37-23-22-36-38(43(37)48(57)62)26-39-44(42(36)27-24-40(50)45(59)41(25-27)64-5)49(63)58(47(39)61)35-20-12-31(13-21-35)54-52-29-8-16-33(17-9-29)56(3)4/h6-22,24-25,37-39,42-44,59H,23,26H2,1-5H3. The van der Waals surface area contributed by atoms with Gasteiger partial charge in [-0.3, -0.25) is 29.0 Å². The van der Waals surface area contributed by atoms with E-state index in [1.807, 2.05) is 92.6 Å². The van der Waals surface area contributed by atoms with Gasteiger partial charge in [0.25, 0.3) is 0 Å². The molecule has 2 aliphatic carbocycles. The topological polar surface area (TPSA) is 160 Å². The lowest BCUT2D eigenvalue weighted by Gasteiger charge is -2.44. The molecule has 0 spiro atoms. The number of ether oxygens (including phenoxy) is 1. The lowest BCUT2D eigenvalue weighted by atomic mass is 9.57. The molecular weight excluding hydrogens is 832 g/mol. The molecule has 2 saturated heterocycles. The summed E-state index contributed by atoms with van der Waals surface area (Å²) in [5, 5.41) is 28.1. The van der Waals surface area contributed by atoms with Crippen molar-refractivity contribution in [3.63, 3.8) is 0 Å². The van der Waals surface area contributed by atoms with Gasteiger partial charge < -0.3 is 19.6 Å². The molecule has 0 bridgehead atoms. The van der Waals surface area contributed by atoms with Gasteiger partial charge in [0, 0.05) is 45.5 Å². The number of carbonyl (C=O) groups is 4. The van der Waals surface area contributed by atoms with Gasteiger partial charge in [-0.2, -0.15) is 20.5 Å². The van der Waals surface area contributed by atoms with E-state index in [4.69, 9.17) is 16.3 Å². The zero-order chi connectivity index (χ0) is 45.0. The lowest BCUT2D eigenvalue weighted by molar-refractivity contribution is -0.126. The predicted octanol–water partition coefficient (Wildman–Crippen LogP) is 10.1. The highest BCUT2D eigenvalue weighted by Gasteiger charge is 2.62. The van der Waals surface area contributed by atoms with Gasteiger partial charge in [-0.25, -0.2) is 0 Å². The van der Waals surface area contributed by atoms with Crippen molar-refractivity contribution in [1.29, 1.82) is 0 Å². The molecular formula is C49H45ClN8O6. The first-order valence-electron chi connectivity index (χ1n) is 20.9. The van der Waals surface area contributed by atoms with Crippen LogP contribution in [-0.2, 0) is 19.2 Å². The van der Waals surface area contributed by atoms with Crippen molar-refractivity contribution in [3.8, 4) is 11.5 Å². The second-order valence-electron chi connectivity index (χ2n) is 16.9. The number of phenolic OH excluding ortho intramolecular Hbond substituents is 1. The Bertz CT molecular complexity index is 2750. The van der Waals surface area contributed by atoms with E-state index in [-0.39, 0.29) is 41.2 Å². The normalized spacial score (nSPS) is 22.8. The Hall–Kier alpha value is -7.19. The number of azo groups is 2. The molecule has 1 saturated carbocycles. The molecule has 4 aliphatic rings. The number of phenols is 1. The van der Waals surface area contributed by atoms with E-state index in [2.05, 4.69) is 20.5 Å². The Kier molecular flexibility index (Phi) is 11.1. The number of halogens is 1. The monoisotopic (exact) mass is 876 g/mol. The SMILES string of the molecule is COc1cc(C2C3=CCC4C(=O)N(c5ccc(N=Nc6ccc(N(C)C)cc6)cc5)C(=O)C4C3CC3C(=O)N(c4ccc(N=Nc5ccc(N(C)C)cc5)cc4)C(=O)C32)cc(Cl)c1O. The highest BCUT2D eigenvalue weighted by atomic mass is 35.5. The molecule has 5 aromatic carbocycles. The summed E-state index contributed by atoms with van der Waals surface area (Å²) in [7, 11) is 9.24. The molecule has 5 aromatic rings. The minimum Gasteiger partial charge on any atom is -0.503 e. The quantitative estimate of drug-likeness (QED) is 0.0824. The number of imide groups is 2. The predicted molar refractivity (Wildman–Crippen MR) is 245 cm³/mol. The van der Waals surface area contributed by atoms with Gasteiger partial charge in [-0.1, -0.05) is 23.3 Å². The van der Waals surface area contributed by atoms with Gasteiger partial charge in [-0.15, -0.1) is 0 Å². The van der Waals surface area contributed by atoms with E-state index in [1.165, 1.54) is 16.9 Å². The van der Waals surface area contributed by atoms with Crippen LogP contribution in [0.1, 0.15) is 24.3 Å². The van der Waals surface area contributed by atoms with Crippen molar-refractivity contribution in [2.45, 2.75) is 18.8 Å². The summed E-state index contributed by atoms with van der Waals surface area (Å²) in [6, 6.07) is 32.0. The zero-order valence-corrected chi connectivity index (χ0v) is 36.5. The van der Waals surface area contributed by atoms with Crippen LogP contribution in [0, 0.1) is 29.6 Å². The summed E-state index contributed by atoms with van der Waals surface area (Å²) in [6.07, 6.45) is 2.39. The second-order valence-corrected chi connectivity index (χ2v) is 17.3. The number of rotatable bonds is 10. The smallest absolute Gasteiger partial charge is 0.238 e. The molecule has 2 heterocycles. The molecule has 324 valence electrons. The number of allylic oxidation sites excluding steroid dienone is 2. The molecule has 0 radical (unpaired) electrons. The summed E-state index contributed by atoms with van der Waals surface area (Å²) in [4.78, 5) is 64.6. The van der Waals surface area contributed by atoms with Crippen LogP contribution in [0.3, 0.4) is 0 Å². The van der Waals surface area contributed by atoms with Crippen LogP contribution >= 0.6 is 11.6 Å². The summed E-state index contributed by atoms with van der Waals surface area (Å²) in [6.45, 7) is 0. The van der Waals surface area contributed by atoms with Crippen LogP contribution in [0.25, 0.3) is 0 Å². The third-order valence-corrected chi connectivity index (χ3v) is 13.1. The zero-order valence-electron chi connectivity index (χ0n) is 35.8. The first-order valence-corrected chi connectivity index (χ1v) is 21.3. The third-order valence-electron chi connectivity index (χ3n) is 12.8. The van der Waals surface area contributed by atoms with Gasteiger partial charge in [0.05, 0.1) is 69.9 Å². The molecule has 9 rings (SSSR count). The van der Waals surface area contributed by atoms with Crippen molar-refractivity contribution < 1.29 is 29.0 Å². The van der Waals surface area contributed by atoms with E-state index >= 15 is 0 Å². The number of hydrogen-bond donors (Lipinski definition) is 1. The molecule has 15 heteroatoms. The molecule has 0 aromatic heterocycles. The van der Waals surface area contributed by atoms with Crippen molar-refractivity contribution in [3.05, 3.63) is 131 Å². The van der Waals surface area contributed by atoms with Crippen LogP contribution in [0.15, 0.2) is 141 Å². The highest BCUT2D eigenvalue weighted by Crippen LogP contribution is 2.59. The molecule has 14 nitrogen and oxygen atoms in total. The highest BCUT2D eigenvalue weighted by molar-refractivity contribution is 6.32. The number of methoxy groups -OCH3 is 1. The van der Waals surface area contributed by atoms with E-state index in [0.717, 1.165) is 16.9 Å². The van der Waals surface area contributed by atoms with Crippen LogP contribution < -0.4 is 24.3 Å². The molecule has 4 amide bonds. The minimum atomic E-state index is -0.864. The van der Waals surface area contributed by atoms with Crippen LogP contribution in [0.2, 0.25) is 5.02 Å². The van der Waals surface area contributed by atoms with Gasteiger partial charge >= 0.3 is 0 Å². The molecule has 64 heavy (non-hydrogen) atoms. The Balaban J connectivity index is 1.00. The van der Waals surface area contributed by atoms with E-state index in [0.29, 0.717) is 39.7 Å². The fourth-order valence-electron chi connectivity index (χ4n) is 9.60. The number of benzene rings is 5. The van der Waals surface area contributed by atoms with Gasteiger partial charge in [0.2, 0.25) is 23.6 Å². The number of anilines is 4. The van der Waals surface area contributed by atoms with Gasteiger partial charge in [0.15, 0.2) is 11.5 Å². The molecule has 6 atom stereocenters. The maximum atomic E-state index is 14.7. The largest absolute Gasteiger partial charge is 0.503 e. The Morgan fingerprint density at radius 3 is 1.48 bits per heavy atom. The number of hydrogen-bond acceptors (Lipinski definition) is 12. The van der Waals surface area contributed by atoms with Gasteiger partial charge in [0.1, 0.15) is 0 Å². The maximum absolute atomic E-state index is 14.7. The average molecular weight is 877 g/mol. The van der Waals surface area contributed by atoms with Crippen LogP contribution in [0.5, 0.6) is 11.5 Å². The first-order chi connectivity index (χ1) is 30.8. The first kappa shape index (κ1) is 42.1. The fourth-order valence-corrected chi connectivity index (χ4v) is 9.82. The summed E-state index contributed by atoms with van der Waals surface area (Å²) < 4.78 is 5.48. The molecule has 2 aliphatic heterocycles. The summed E-state index contributed by atoms with van der Waals surface area (Å²) in [5.74, 6) is -6.07. The lowest BCUT2D eigenvalue weighted by Crippen LogP contribution is -2.43. The minimum absolute atomic E-state index is 0.0119. The Morgan fingerprint density at radius 1 is 0.594 bits per heavy atom. The van der Waals surface area contributed by atoms with E-state index in [1.54, 1.807) is 60.7 Å². The van der Waals surface area contributed by atoms with Crippen molar-refractivity contribution in [1.82, 2.24) is 0 Å². The number of carbonyl (C=O) groups excluding carboxylic acids is 4. The number of amides is 4. The molecule has 3 fully saturated rings. The van der Waals surface area contributed by atoms with Crippen molar-refractivity contribution in [2.24, 2.45) is 50.0 Å². The van der Waals surface area contributed by atoms with Crippen molar-refractivity contribution in [2.75, 3.05) is 54.9 Å². The number of fused-ring (bicyclic) bond motifs is 4. The van der Waals surface area contributed by atoms with E-state index < -0.39 is 47.3 Å². The number of aromatic hydroxyl groups is 1. The molecule has 1 N–H and O–H groups in total. The Morgan fingerprint density at radius 2 is 1.03 bits per heavy atom. The summed E-state index contributed by atoms with van der Waals surface area (Å²) >= 11 is 6.57. The Labute approximate surface area is 375 Å².